The molecule has 0 bridgehead atoms. The van der Waals surface area contributed by atoms with Gasteiger partial charge in [0.25, 0.3) is 5.91 Å². The molecule has 0 aromatic heterocycles. The van der Waals surface area contributed by atoms with E-state index in [0.717, 1.165) is 0 Å². The number of carbonyl (C=O) groups excluding carboxylic acids is 1. The summed E-state index contributed by atoms with van der Waals surface area (Å²) in [5.74, 6) is 2.61. The molecule has 0 spiro atoms. The number of methoxy groups -OCH3 is 2. The number of hydrogen-bond acceptors (Lipinski definition) is 5. The lowest BCUT2D eigenvalue weighted by Crippen LogP contribution is -2.58. The van der Waals surface area contributed by atoms with E-state index in [-0.39, 0.29) is 12.0 Å². The van der Waals surface area contributed by atoms with Crippen LogP contribution >= 0.6 is 0 Å². The average Bonchev–Trinajstić information content (AvgIpc) is 2.64. The summed E-state index contributed by atoms with van der Waals surface area (Å²) >= 11 is 0. The molecule has 6 nitrogen and oxygen atoms in total. The van der Waals surface area contributed by atoms with E-state index in [1.807, 2.05) is 36.4 Å². The second-order valence-electron chi connectivity index (χ2n) is 6.07. The van der Waals surface area contributed by atoms with E-state index in [9.17, 15) is 4.79 Å². The number of hydrogen-bond donors (Lipinski definition) is 0. The molecule has 1 saturated heterocycles. The maximum atomic E-state index is 12.5. The first-order valence-corrected chi connectivity index (χ1v) is 8.50. The number of nitrogens with zero attached hydrogens (tertiary/aromatic N) is 1. The van der Waals surface area contributed by atoms with Gasteiger partial charge in [-0.05, 0) is 31.2 Å². The number of amides is 1. The van der Waals surface area contributed by atoms with Crippen LogP contribution in [0.1, 0.15) is 6.92 Å². The number of para-hydroxylation sites is 2. The van der Waals surface area contributed by atoms with Gasteiger partial charge in [0, 0.05) is 6.07 Å². The Morgan fingerprint density at radius 2 is 1.69 bits per heavy atom. The Labute approximate surface area is 153 Å². The molecule has 1 unspecified atom stereocenters. The molecule has 26 heavy (non-hydrogen) atoms. The first-order chi connectivity index (χ1) is 12.6. The Balaban J connectivity index is 1.51. The smallest absolute Gasteiger partial charge is 0.263 e. The minimum Gasteiger partial charge on any atom is -0.497 e. The van der Waals surface area contributed by atoms with Gasteiger partial charge in [-0.25, -0.2) is 0 Å². The number of carbonyl (C=O) groups is 1. The molecule has 1 aliphatic rings. The van der Waals surface area contributed by atoms with Crippen LogP contribution < -0.4 is 18.9 Å². The Hall–Kier alpha value is -2.89. The number of rotatable bonds is 7. The zero-order valence-corrected chi connectivity index (χ0v) is 15.2. The van der Waals surface area contributed by atoms with E-state index in [4.69, 9.17) is 18.9 Å². The summed E-state index contributed by atoms with van der Waals surface area (Å²) in [5, 5.41) is 0. The van der Waals surface area contributed by atoms with Gasteiger partial charge in [0.1, 0.15) is 17.6 Å². The Kier molecular flexibility index (Phi) is 5.51. The summed E-state index contributed by atoms with van der Waals surface area (Å²) in [7, 11) is 3.20. The standard InChI is InChI=1S/C20H23NO5/c1-14(25-16-8-6-7-15(11-16)23-2)20(22)21-12-17(13-21)26-19-10-5-4-9-18(19)24-3/h4-11,14,17H,12-13H2,1-3H3. The summed E-state index contributed by atoms with van der Waals surface area (Å²) in [6.45, 7) is 2.81. The highest BCUT2D eigenvalue weighted by molar-refractivity contribution is 5.81. The van der Waals surface area contributed by atoms with E-state index < -0.39 is 6.10 Å². The Morgan fingerprint density at radius 3 is 2.38 bits per heavy atom. The minimum atomic E-state index is -0.575. The Bertz CT molecular complexity index is 757. The van der Waals surface area contributed by atoms with Crippen molar-refractivity contribution in [2.75, 3.05) is 27.3 Å². The van der Waals surface area contributed by atoms with Gasteiger partial charge in [0.05, 0.1) is 27.3 Å². The minimum absolute atomic E-state index is 0.0423. The first kappa shape index (κ1) is 17.9. The molecular formula is C20H23NO5. The maximum Gasteiger partial charge on any atom is 0.263 e. The quantitative estimate of drug-likeness (QED) is 0.763. The van der Waals surface area contributed by atoms with Gasteiger partial charge < -0.3 is 23.8 Å². The van der Waals surface area contributed by atoms with Crippen molar-refractivity contribution in [3.05, 3.63) is 48.5 Å². The monoisotopic (exact) mass is 357 g/mol. The molecular weight excluding hydrogens is 334 g/mol. The van der Waals surface area contributed by atoms with Crippen LogP contribution in [0.15, 0.2) is 48.5 Å². The van der Waals surface area contributed by atoms with E-state index in [2.05, 4.69) is 0 Å². The molecule has 3 rings (SSSR count). The van der Waals surface area contributed by atoms with Crippen molar-refractivity contribution in [1.82, 2.24) is 4.90 Å². The normalized spacial score (nSPS) is 15.0. The lowest BCUT2D eigenvalue weighted by atomic mass is 10.1. The summed E-state index contributed by atoms with van der Waals surface area (Å²) in [4.78, 5) is 14.2. The number of likely N-dealkylation sites (tertiary alicyclic amines) is 1. The first-order valence-electron chi connectivity index (χ1n) is 8.50. The summed E-state index contributed by atoms with van der Waals surface area (Å²) in [5.41, 5.74) is 0. The van der Waals surface area contributed by atoms with Gasteiger partial charge in [0.15, 0.2) is 17.6 Å². The van der Waals surface area contributed by atoms with E-state index in [0.29, 0.717) is 36.1 Å². The fraction of sp³-hybridized carbons (Fsp3) is 0.350. The van der Waals surface area contributed by atoms with E-state index in [1.165, 1.54) is 0 Å². The van der Waals surface area contributed by atoms with Gasteiger partial charge in [-0.2, -0.15) is 0 Å². The molecule has 1 fully saturated rings. The van der Waals surface area contributed by atoms with Crippen LogP contribution in [0.25, 0.3) is 0 Å². The molecule has 0 N–H and O–H groups in total. The molecule has 0 radical (unpaired) electrons. The topological polar surface area (TPSA) is 57.2 Å². The fourth-order valence-electron chi connectivity index (χ4n) is 2.77. The lowest BCUT2D eigenvalue weighted by Gasteiger charge is -2.40. The second-order valence-corrected chi connectivity index (χ2v) is 6.07. The highest BCUT2D eigenvalue weighted by Crippen LogP contribution is 2.29. The summed E-state index contributed by atoms with van der Waals surface area (Å²) in [6.07, 6.45) is -0.617. The number of ether oxygens (including phenoxy) is 4. The van der Waals surface area contributed by atoms with Gasteiger partial charge >= 0.3 is 0 Å². The molecule has 1 atom stereocenters. The predicted octanol–water partition coefficient (Wildman–Crippen LogP) is 2.76. The van der Waals surface area contributed by atoms with Crippen molar-refractivity contribution in [3.63, 3.8) is 0 Å². The molecule has 1 heterocycles. The average molecular weight is 357 g/mol. The summed E-state index contributed by atoms with van der Waals surface area (Å²) in [6, 6.07) is 14.7. The van der Waals surface area contributed by atoms with Crippen molar-refractivity contribution >= 4 is 5.91 Å². The van der Waals surface area contributed by atoms with Crippen LogP contribution in [0.4, 0.5) is 0 Å². The van der Waals surface area contributed by atoms with Crippen LogP contribution in [-0.2, 0) is 4.79 Å². The molecule has 6 heteroatoms. The van der Waals surface area contributed by atoms with Gasteiger partial charge in [-0.15, -0.1) is 0 Å². The van der Waals surface area contributed by atoms with Crippen molar-refractivity contribution in [3.8, 4) is 23.0 Å². The fourth-order valence-corrected chi connectivity index (χ4v) is 2.77. The third-order valence-corrected chi connectivity index (χ3v) is 4.22. The molecule has 1 amide bonds. The zero-order valence-electron chi connectivity index (χ0n) is 15.2. The molecule has 2 aromatic rings. The van der Waals surface area contributed by atoms with Gasteiger partial charge in [-0.3, -0.25) is 4.79 Å². The molecule has 0 saturated carbocycles. The second kappa shape index (κ2) is 7.99. The van der Waals surface area contributed by atoms with Crippen molar-refractivity contribution < 1.29 is 23.7 Å². The molecule has 138 valence electrons. The summed E-state index contributed by atoms with van der Waals surface area (Å²) < 4.78 is 22.1. The predicted molar refractivity (Wildman–Crippen MR) is 97.1 cm³/mol. The van der Waals surface area contributed by atoms with Crippen LogP contribution in [-0.4, -0.2) is 50.3 Å². The van der Waals surface area contributed by atoms with E-state index >= 15 is 0 Å². The molecule has 1 aliphatic heterocycles. The van der Waals surface area contributed by atoms with Crippen molar-refractivity contribution in [2.24, 2.45) is 0 Å². The largest absolute Gasteiger partial charge is 0.497 e. The van der Waals surface area contributed by atoms with Crippen molar-refractivity contribution in [2.45, 2.75) is 19.1 Å². The maximum absolute atomic E-state index is 12.5. The SMILES string of the molecule is COc1cccc(OC(C)C(=O)N2CC(Oc3ccccc3OC)C2)c1. The Morgan fingerprint density at radius 1 is 1.00 bits per heavy atom. The van der Waals surface area contributed by atoms with Gasteiger partial charge in [-0.1, -0.05) is 18.2 Å². The van der Waals surface area contributed by atoms with Crippen LogP contribution in [0, 0.1) is 0 Å². The number of benzene rings is 2. The van der Waals surface area contributed by atoms with E-state index in [1.54, 1.807) is 38.2 Å². The lowest BCUT2D eigenvalue weighted by molar-refractivity contribution is -0.146. The highest BCUT2D eigenvalue weighted by Gasteiger charge is 2.35. The molecule has 2 aromatic carbocycles. The van der Waals surface area contributed by atoms with Gasteiger partial charge in [0.2, 0.25) is 0 Å². The highest BCUT2D eigenvalue weighted by atomic mass is 16.5. The van der Waals surface area contributed by atoms with Crippen LogP contribution in [0.3, 0.4) is 0 Å². The zero-order chi connectivity index (χ0) is 18.5. The third-order valence-electron chi connectivity index (χ3n) is 4.22. The molecule has 0 aliphatic carbocycles. The van der Waals surface area contributed by atoms with Crippen molar-refractivity contribution in [1.29, 1.82) is 0 Å². The third kappa shape index (κ3) is 4.02. The van der Waals surface area contributed by atoms with Crippen LogP contribution in [0.5, 0.6) is 23.0 Å². The van der Waals surface area contributed by atoms with Crippen LogP contribution in [0.2, 0.25) is 0 Å².